The summed E-state index contributed by atoms with van der Waals surface area (Å²) < 4.78 is 0. The van der Waals surface area contributed by atoms with Gasteiger partial charge in [0.2, 0.25) is 0 Å². The molecule has 0 radical (unpaired) electrons. The molecule has 1 heterocycles. The van der Waals surface area contributed by atoms with E-state index in [0.717, 1.165) is 19.6 Å². The standard InChI is InChI=1S/C15H19NO/c17-13-5-4-10-16-11-8-15(9-12-16)14-6-2-1-3-7-14/h1-3,6-7,15,17H,8-13H2. The first-order valence-electron chi connectivity index (χ1n) is 6.24. The summed E-state index contributed by atoms with van der Waals surface area (Å²) in [5.74, 6) is 6.39. The summed E-state index contributed by atoms with van der Waals surface area (Å²) in [4.78, 5) is 2.36. The molecule has 0 aliphatic carbocycles. The van der Waals surface area contributed by atoms with Crippen LogP contribution in [0.15, 0.2) is 30.3 Å². The Balaban J connectivity index is 1.82. The van der Waals surface area contributed by atoms with Gasteiger partial charge in [-0.25, -0.2) is 0 Å². The molecule has 0 aromatic heterocycles. The first-order valence-corrected chi connectivity index (χ1v) is 6.24. The lowest BCUT2D eigenvalue weighted by molar-refractivity contribution is 0.235. The molecule has 0 bridgehead atoms. The Kier molecular flexibility index (Phi) is 4.61. The van der Waals surface area contributed by atoms with Crippen LogP contribution in [0.4, 0.5) is 0 Å². The van der Waals surface area contributed by atoms with Crippen molar-refractivity contribution in [2.24, 2.45) is 0 Å². The summed E-state index contributed by atoms with van der Waals surface area (Å²) >= 11 is 0. The van der Waals surface area contributed by atoms with Crippen LogP contribution in [-0.4, -0.2) is 36.2 Å². The highest BCUT2D eigenvalue weighted by Crippen LogP contribution is 2.27. The number of aliphatic hydroxyl groups is 1. The molecule has 1 fully saturated rings. The third kappa shape index (κ3) is 3.59. The molecule has 1 saturated heterocycles. The number of hydrogen-bond acceptors (Lipinski definition) is 2. The van der Waals surface area contributed by atoms with Crippen LogP contribution in [-0.2, 0) is 0 Å². The third-order valence-electron chi connectivity index (χ3n) is 3.37. The van der Waals surface area contributed by atoms with Gasteiger partial charge < -0.3 is 5.11 Å². The van der Waals surface area contributed by atoms with E-state index < -0.39 is 0 Å². The fourth-order valence-corrected chi connectivity index (χ4v) is 2.37. The van der Waals surface area contributed by atoms with Gasteiger partial charge in [0.15, 0.2) is 0 Å². The number of benzene rings is 1. The van der Waals surface area contributed by atoms with E-state index >= 15 is 0 Å². The number of nitrogens with zero attached hydrogens (tertiary/aromatic N) is 1. The van der Waals surface area contributed by atoms with Gasteiger partial charge in [-0.3, -0.25) is 4.90 Å². The van der Waals surface area contributed by atoms with Gasteiger partial charge in [0.05, 0.1) is 6.54 Å². The topological polar surface area (TPSA) is 23.5 Å². The maximum atomic E-state index is 8.59. The van der Waals surface area contributed by atoms with Crippen molar-refractivity contribution in [1.82, 2.24) is 4.90 Å². The lowest BCUT2D eigenvalue weighted by Crippen LogP contribution is -2.33. The molecule has 90 valence electrons. The highest BCUT2D eigenvalue weighted by Gasteiger charge is 2.19. The average Bonchev–Trinajstić information content (AvgIpc) is 2.41. The Morgan fingerprint density at radius 3 is 2.47 bits per heavy atom. The van der Waals surface area contributed by atoms with Crippen molar-refractivity contribution in [3.63, 3.8) is 0 Å². The summed E-state index contributed by atoms with van der Waals surface area (Å²) in [7, 11) is 0. The van der Waals surface area contributed by atoms with Crippen LogP contribution in [0.25, 0.3) is 0 Å². The average molecular weight is 229 g/mol. The second kappa shape index (κ2) is 6.44. The maximum Gasteiger partial charge on any atom is 0.104 e. The molecule has 1 aromatic rings. The lowest BCUT2D eigenvalue weighted by Gasteiger charge is -2.30. The molecule has 0 amide bonds. The van der Waals surface area contributed by atoms with Crippen molar-refractivity contribution in [1.29, 1.82) is 0 Å². The zero-order chi connectivity index (χ0) is 11.9. The van der Waals surface area contributed by atoms with E-state index in [0.29, 0.717) is 5.92 Å². The molecule has 1 aromatic carbocycles. The number of aliphatic hydroxyl groups excluding tert-OH is 1. The van der Waals surface area contributed by atoms with Crippen molar-refractivity contribution < 1.29 is 5.11 Å². The highest BCUT2D eigenvalue weighted by molar-refractivity contribution is 5.20. The van der Waals surface area contributed by atoms with Crippen molar-refractivity contribution in [3.05, 3.63) is 35.9 Å². The van der Waals surface area contributed by atoms with Gasteiger partial charge in [0, 0.05) is 0 Å². The summed E-state index contributed by atoms with van der Waals surface area (Å²) in [6.45, 7) is 2.99. The summed E-state index contributed by atoms with van der Waals surface area (Å²) in [6, 6.07) is 10.8. The van der Waals surface area contributed by atoms with E-state index in [1.54, 1.807) is 0 Å². The van der Waals surface area contributed by atoms with Gasteiger partial charge in [0.25, 0.3) is 0 Å². The Morgan fingerprint density at radius 2 is 1.82 bits per heavy atom. The normalized spacial score (nSPS) is 17.5. The fraction of sp³-hybridized carbons (Fsp3) is 0.467. The second-order valence-electron chi connectivity index (χ2n) is 4.47. The SMILES string of the molecule is OCC#CCN1CCC(c2ccccc2)CC1. The van der Waals surface area contributed by atoms with Crippen LogP contribution in [0.5, 0.6) is 0 Å². The minimum atomic E-state index is -0.0273. The Labute approximate surface area is 103 Å². The Hall–Kier alpha value is -1.30. The van der Waals surface area contributed by atoms with Crippen LogP contribution in [0.3, 0.4) is 0 Å². The number of likely N-dealkylation sites (tertiary alicyclic amines) is 1. The largest absolute Gasteiger partial charge is 0.384 e. The van der Waals surface area contributed by atoms with E-state index in [2.05, 4.69) is 47.1 Å². The highest BCUT2D eigenvalue weighted by atomic mass is 16.2. The molecule has 2 nitrogen and oxygen atoms in total. The minimum Gasteiger partial charge on any atom is -0.384 e. The predicted molar refractivity (Wildman–Crippen MR) is 69.7 cm³/mol. The molecule has 0 atom stereocenters. The molecule has 0 spiro atoms. The van der Waals surface area contributed by atoms with E-state index in [1.165, 1.54) is 18.4 Å². The smallest absolute Gasteiger partial charge is 0.104 e. The predicted octanol–water partition coefficient (Wildman–Crippen LogP) is 1.86. The van der Waals surface area contributed by atoms with Crippen molar-refractivity contribution in [2.45, 2.75) is 18.8 Å². The van der Waals surface area contributed by atoms with Crippen LogP contribution < -0.4 is 0 Å². The van der Waals surface area contributed by atoms with Gasteiger partial charge in [-0.05, 0) is 37.4 Å². The fourth-order valence-electron chi connectivity index (χ4n) is 2.37. The quantitative estimate of drug-likeness (QED) is 0.783. The molecule has 17 heavy (non-hydrogen) atoms. The van der Waals surface area contributed by atoms with Crippen LogP contribution in [0.2, 0.25) is 0 Å². The van der Waals surface area contributed by atoms with Crippen LogP contribution >= 0.6 is 0 Å². The molecule has 1 aliphatic heterocycles. The molecular weight excluding hydrogens is 210 g/mol. The van der Waals surface area contributed by atoms with E-state index in [-0.39, 0.29) is 6.61 Å². The van der Waals surface area contributed by atoms with Crippen LogP contribution in [0.1, 0.15) is 24.3 Å². The van der Waals surface area contributed by atoms with Crippen molar-refractivity contribution in [2.75, 3.05) is 26.2 Å². The lowest BCUT2D eigenvalue weighted by atomic mass is 9.89. The molecule has 2 heteroatoms. The van der Waals surface area contributed by atoms with Gasteiger partial charge in [-0.1, -0.05) is 42.2 Å². The molecule has 0 saturated carbocycles. The van der Waals surface area contributed by atoms with Crippen molar-refractivity contribution in [3.8, 4) is 11.8 Å². The van der Waals surface area contributed by atoms with Gasteiger partial charge in [-0.2, -0.15) is 0 Å². The first-order chi connectivity index (χ1) is 8.40. The number of hydrogen-bond donors (Lipinski definition) is 1. The second-order valence-corrected chi connectivity index (χ2v) is 4.47. The van der Waals surface area contributed by atoms with Crippen LogP contribution in [0, 0.1) is 11.8 Å². The van der Waals surface area contributed by atoms with Gasteiger partial charge in [0.1, 0.15) is 6.61 Å². The van der Waals surface area contributed by atoms with E-state index in [9.17, 15) is 0 Å². The first kappa shape index (κ1) is 12.2. The van der Waals surface area contributed by atoms with E-state index in [4.69, 9.17) is 5.11 Å². The van der Waals surface area contributed by atoms with Gasteiger partial charge in [-0.15, -0.1) is 0 Å². The summed E-state index contributed by atoms with van der Waals surface area (Å²) in [5.41, 5.74) is 1.47. The molecular formula is C15H19NO. The summed E-state index contributed by atoms with van der Waals surface area (Å²) in [5, 5.41) is 8.59. The minimum absolute atomic E-state index is 0.0273. The number of piperidine rings is 1. The van der Waals surface area contributed by atoms with E-state index in [1.807, 2.05) is 0 Å². The summed E-state index contributed by atoms with van der Waals surface area (Å²) in [6.07, 6.45) is 2.43. The zero-order valence-corrected chi connectivity index (χ0v) is 10.1. The van der Waals surface area contributed by atoms with Crippen molar-refractivity contribution >= 4 is 0 Å². The van der Waals surface area contributed by atoms with Gasteiger partial charge >= 0.3 is 0 Å². The third-order valence-corrected chi connectivity index (χ3v) is 3.37. The number of rotatable bonds is 2. The maximum absolute atomic E-state index is 8.59. The Bertz CT molecular complexity index is 382. The molecule has 2 rings (SSSR count). The monoisotopic (exact) mass is 229 g/mol. The molecule has 0 unspecified atom stereocenters. The molecule has 1 N–H and O–H groups in total. The Morgan fingerprint density at radius 1 is 1.12 bits per heavy atom. The zero-order valence-electron chi connectivity index (χ0n) is 10.1. The molecule has 1 aliphatic rings.